The van der Waals surface area contributed by atoms with Crippen LogP contribution in [0.3, 0.4) is 0 Å². The number of rotatable bonds is 6. The van der Waals surface area contributed by atoms with Gasteiger partial charge in [-0.05, 0) is 13.3 Å². The van der Waals surface area contributed by atoms with Gasteiger partial charge in [0.2, 0.25) is 5.91 Å². The van der Waals surface area contributed by atoms with Gasteiger partial charge < -0.3 is 10.0 Å². The second-order valence-corrected chi connectivity index (χ2v) is 7.52. The van der Waals surface area contributed by atoms with Crippen LogP contribution in [0.2, 0.25) is 0 Å². The van der Waals surface area contributed by atoms with E-state index >= 15 is 0 Å². The summed E-state index contributed by atoms with van der Waals surface area (Å²) >= 11 is 0.747. The number of aromatic nitrogens is 1. The lowest BCUT2D eigenvalue weighted by molar-refractivity contribution is -0.127. The Bertz CT molecular complexity index is 655. The quantitative estimate of drug-likeness (QED) is 0.764. The maximum atomic E-state index is 12.2. The average molecular weight is 333 g/mol. The first-order chi connectivity index (χ1) is 9.81. The molecule has 2 rings (SSSR count). The fourth-order valence-electron chi connectivity index (χ4n) is 2.15. The number of thiazole rings is 1. The fourth-order valence-corrected chi connectivity index (χ4v) is 4.54. The Labute approximate surface area is 125 Å². The second kappa shape index (κ2) is 6.08. The Balaban J connectivity index is 2.08. The monoisotopic (exact) mass is 333 g/mol. The number of nitrogens with zero attached hydrogens (tertiary/aromatic N) is 2. The molecule has 1 aliphatic rings. The zero-order valence-electron chi connectivity index (χ0n) is 11.3. The number of amides is 1. The normalized spacial score (nSPS) is 17.2. The van der Waals surface area contributed by atoms with Crippen LogP contribution in [0.25, 0.3) is 0 Å². The smallest absolute Gasteiger partial charge is 0.356 e. The number of nitrogens with one attached hydrogen (secondary N) is 1. The lowest BCUT2D eigenvalue weighted by Crippen LogP contribution is -2.42. The van der Waals surface area contributed by atoms with Crippen molar-refractivity contribution < 1.29 is 23.1 Å². The minimum Gasteiger partial charge on any atom is -0.476 e. The van der Waals surface area contributed by atoms with Gasteiger partial charge in [-0.15, -0.1) is 11.3 Å². The van der Waals surface area contributed by atoms with E-state index in [0.717, 1.165) is 17.8 Å². The molecular weight excluding hydrogens is 318 g/mol. The van der Waals surface area contributed by atoms with Gasteiger partial charge in [-0.3, -0.25) is 4.79 Å². The summed E-state index contributed by atoms with van der Waals surface area (Å²) in [7, 11) is -3.96. The summed E-state index contributed by atoms with van der Waals surface area (Å²) in [5, 5.41) is 8.92. The maximum absolute atomic E-state index is 12.2. The molecule has 0 aromatic carbocycles. The molecule has 1 amide bonds. The molecule has 1 aliphatic heterocycles. The third-order valence-corrected chi connectivity index (χ3v) is 5.96. The number of carboxylic acids is 1. The van der Waals surface area contributed by atoms with Gasteiger partial charge in [-0.25, -0.2) is 22.9 Å². The lowest BCUT2D eigenvalue weighted by atomic mass is 10.3. The number of aromatic carboxylic acids is 1. The predicted molar refractivity (Wildman–Crippen MR) is 74.7 cm³/mol. The largest absolute Gasteiger partial charge is 0.476 e. The molecule has 116 valence electrons. The van der Waals surface area contributed by atoms with Gasteiger partial charge in [0, 0.05) is 25.6 Å². The molecular formula is C11H15N3O5S2. The van der Waals surface area contributed by atoms with Crippen LogP contribution < -0.4 is 4.72 Å². The third-order valence-electron chi connectivity index (χ3n) is 3.00. The van der Waals surface area contributed by atoms with E-state index in [-0.39, 0.29) is 16.7 Å². The van der Waals surface area contributed by atoms with Crippen molar-refractivity contribution in [3.8, 4) is 0 Å². The fraction of sp³-hybridized carbons (Fsp3) is 0.545. The molecule has 0 radical (unpaired) electrons. The molecule has 0 aliphatic carbocycles. The molecule has 1 aromatic rings. The molecule has 0 saturated carbocycles. The summed E-state index contributed by atoms with van der Waals surface area (Å²) < 4.78 is 26.4. The summed E-state index contributed by atoms with van der Waals surface area (Å²) in [6.07, 6.45) is 1.26. The molecule has 1 unspecified atom stereocenters. The van der Waals surface area contributed by atoms with Crippen molar-refractivity contribution in [3.63, 3.8) is 0 Å². The third kappa shape index (κ3) is 3.57. The first-order valence-electron chi connectivity index (χ1n) is 6.28. The van der Waals surface area contributed by atoms with Gasteiger partial charge in [0.25, 0.3) is 10.0 Å². The van der Waals surface area contributed by atoms with E-state index in [1.165, 1.54) is 5.51 Å². The van der Waals surface area contributed by atoms with E-state index in [4.69, 9.17) is 5.11 Å². The van der Waals surface area contributed by atoms with Crippen LogP contribution in [0.4, 0.5) is 0 Å². The molecule has 21 heavy (non-hydrogen) atoms. The Morgan fingerprint density at radius 3 is 2.90 bits per heavy atom. The van der Waals surface area contributed by atoms with Gasteiger partial charge in [-0.1, -0.05) is 0 Å². The van der Waals surface area contributed by atoms with Crippen LogP contribution in [0.5, 0.6) is 0 Å². The standard InChI is InChI=1S/C11H15N3O5S2/c1-7(5-14-4-2-3-8(14)15)13-21(18,19)11-9(10(16)17)12-6-20-11/h6-7,13H,2-5H2,1H3,(H,16,17). The average Bonchev–Trinajstić information content (AvgIpc) is 2.98. The topological polar surface area (TPSA) is 117 Å². The van der Waals surface area contributed by atoms with Crippen LogP contribution >= 0.6 is 11.3 Å². The number of carboxylic acid groups (broad SMARTS) is 1. The number of carbonyl (C=O) groups excluding carboxylic acids is 1. The minimum absolute atomic E-state index is 0.00469. The van der Waals surface area contributed by atoms with Gasteiger partial charge in [0.05, 0.1) is 5.51 Å². The van der Waals surface area contributed by atoms with Gasteiger partial charge in [0.1, 0.15) is 0 Å². The van der Waals surface area contributed by atoms with E-state index in [1.54, 1.807) is 11.8 Å². The summed E-state index contributed by atoms with van der Waals surface area (Å²) in [4.78, 5) is 27.6. The molecule has 1 aromatic heterocycles. The summed E-state index contributed by atoms with van der Waals surface area (Å²) in [5.74, 6) is -1.39. The molecule has 1 atom stereocenters. The number of likely N-dealkylation sites (tertiary alicyclic amines) is 1. The summed E-state index contributed by atoms with van der Waals surface area (Å²) in [5.41, 5.74) is 0.684. The predicted octanol–water partition coefficient (Wildman–Crippen LogP) is 0.130. The van der Waals surface area contributed by atoms with E-state index < -0.39 is 27.7 Å². The molecule has 10 heteroatoms. The van der Waals surface area contributed by atoms with Gasteiger partial charge in [-0.2, -0.15) is 0 Å². The van der Waals surface area contributed by atoms with Crippen LogP contribution in [-0.4, -0.2) is 54.4 Å². The number of carbonyl (C=O) groups is 2. The zero-order valence-corrected chi connectivity index (χ0v) is 12.9. The van der Waals surface area contributed by atoms with Gasteiger partial charge in [0.15, 0.2) is 9.90 Å². The maximum Gasteiger partial charge on any atom is 0.356 e. The number of hydrogen-bond donors (Lipinski definition) is 2. The highest BCUT2D eigenvalue weighted by Crippen LogP contribution is 2.20. The Morgan fingerprint density at radius 1 is 1.62 bits per heavy atom. The molecule has 8 nitrogen and oxygen atoms in total. The van der Waals surface area contributed by atoms with E-state index in [2.05, 4.69) is 9.71 Å². The number of sulfonamides is 1. The van der Waals surface area contributed by atoms with Gasteiger partial charge >= 0.3 is 5.97 Å². The second-order valence-electron chi connectivity index (χ2n) is 4.76. The van der Waals surface area contributed by atoms with Crippen LogP contribution in [0.1, 0.15) is 30.3 Å². The Morgan fingerprint density at radius 2 is 2.33 bits per heavy atom. The van der Waals surface area contributed by atoms with Crippen molar-refractivity contribution in [1.29, 1.82) is 0 Å². The molecule has 1 saturated heterocycles. The van der Waals surface area contributed by atoms with Crippen molar-refractivity contribution in [2.24, 2.45) is 0 Å². The Kier molecular flexibility index (Phi) is 4.59. The first kappa shape index (κ1) is 15.9. The Hall–Kier alpha value is -1.52. The first-order valence-corrected chi connectivity index (χ1v) is 8.64. The zero-order chi connectivity index (χ0) is 15.6. The lowest BCUT2D eigenvalue weighted by Gasteiger charge is -2.21. The highest BCUT2D eigenvalue weighted by atomic mass is 32.2. The minimum atomic E-state index is -3.96. The van der Waals surface area contributed by atoms with Crippen LogP contribution in [-0.2, 0) is 14.8 Å². The van der Waals surface area contributed by atoms with E-state index in [1.807, 2.05) is 0 Å². The van der Waals surface area contributed by atoms with Crippen molar-refractivity contribution in [1.82, 2.24) is 14.6 Å². The van der Waals surface area contributed by atoms with Crippen molar-refractivity contribution in [2.45, 2.75) is 30.0 Å². The molecule has 2 N–H and O–H groups in total. The highest BCUT2D eigenvalue weighted by molar-refractivity contribution is 7.91. The van der Waals surface area contributed by atoms with Crippen molar-refractivity contribution in [2.75, 3.05) is 13.1 Å². The van der Waals surface area contributed by atoms with E-state index in [0.29, 0.717) is 13.0 Å². The molecule has 1 fully saturated rings. The van der Waals surface area contributed by atoms with Crippen LogP contribution in [0, 0.1) is 0 Å². The van der Waals surface area contributed by atoms with Crippen LogP contribution in [0.15, 0.2) is 9.72 Å². The SMILES string of the molecule is CC(CN1CCCC1=O)NS(=O)(=O)c1scnc1C(=O)O. The molecule has 0 spiro atoms. The summed E-state index contributed by atoms with van der Waals surface area (Å²) in [6, 6.07) is -0.513. The van der Waals surface area contributed by atoms with E-state index in [9.17, 15) is 18.0 Å². The molecule has 2 heterocycles. The summed E-state index contributed by atoms with van der Waals surface area (Å²) in [6.45, 7) is 2.51. The van der Waals surface area contributed by atoms with Crippen molar-refractivity contribution >= 4 is 33.2 Å². The highest BCUT2D eigenvalue weighted by Gasteiger charge is 2.29. The number of hydrogen-bond acceptors (Lipinski definition) is 6. The molecule has 0 bridgehead atoms. The van der Waals surface area contributed by atoms with Crippen molar-refractivity contribution in [3.05, 3.63) is 11.2 Å².